The van der Waals surface area contributed by atoms with Crippen LogP contribution in [0.3, 0.4) is 0 Å². The van der Waals surface area contributed by atoms with Gasteiger partial charge in [0, 0.05) is 26.2 Å². The van der Waals surface area contributed by atoms with Crippen LogP contribution in [-0.2, 0) is 6.54 Å². The quantitative estimate of drug-likeness (QED) is 0.716. The maximum absolute atomic E-state index is 11.8. The number of aliphatic hydroxyl groups excluding tert-OH is 1. The van der Waals surface area contributed by atoms with Crippen LogP contribution in [-0.4, -0.2) is 35.4 Å². The molecule has 23 heavy (non-hydrogen) atoms. The summed E-state index contributed by atoms with van der Waals surface area (Å²) in [4.78, 5) is 23.6. The predicted octanol–water partition coefficient (Wildman–Crippen LogP) is 1.30. The molecule has 0 bridgehead atoms. The lowest BCUT2D eigenvalue weighted by molar-refractivity contribution is 0.201. The molecule has 0 saturated carbocycles. The highest BCUT2D eigenvalue weighted by atomic mass is 16.4. The van der Waals surface area contributed by atoms with Crippen molar-refractivity contribution in [1.82, 2.24) is 15.2 Å². The van der Waals surface area contributed by atoms with Crippen molar-refractivity contribution in [2.24, 2.45) is 5.41 Å². The number of aromatic nitrogens is 1. The third-order valence-corrected chi connectivity index (χ3v) is 3.71. The van der Waals surface area contributed by atoms with Crippen LogP contribution < -0.4 is 16.4 Å². The number of nitrogens with one attached hydrogen (secondary N) is 2. The van der Waals surface area contributed by atoms with Gasteiger partial charge in [0.2, 0.25) is 0 Å². The molecule has 2 rings (SSSR count). The summed E-state index contributed by atoms with van der Waals surface area (Å²) in [7, 11) is 0. The molecule has 7 heteroatoms. The van der Waals surface area contributed by atoms with Gasteiger partial charge >= 0.3 is 11.8 Å². The van der Waals surface area contributed by atoms with Gasteiger partial charge in [0.05, 0.1) is 5.52 Å². The summed E-state index contributed by atoms with van der Waals surface area (Å²) in [6.45, 7) is 5.15. The van der Waals surface area contributed by atoms with Crippen LogP contribution in [0.2, 0.25) is 0 Å². The van der Waals surface area contributed by atoms with Gasteiger partial charge in [-0.3, -0.25) is 4.57 Å². The average molecular weight is 321 g/mol. The van der Waals surface area contributed by atoms with Crippen molar-refractivity contribution in [2.45, 2.75) is 26.8 Å². The number of amides is 2. The van der Waals surface area contributed by atoms with Crippen molar-refractivity contribution in [3.05, 3.63) is 34.8 Å². The molecule has 1 heterocycles. The van der Waals surface area contributed by atoms with E-state index in [-0.39, 0.29) is 18.1 Å². The molecule has 0 spiro atoms. The van der Waals surface area contributed by atoms with Gasteiger partial charge in [0.1, 0.15) is 0 Å². The summed E-state index contributed by atoms with van der Waals surface area (Å²) >= 11 is 0. The Balaban J connectivity index is 1.83. The Labute approximate surface area is 134 Å². The molecule has 0 aliphatic heterocycles. The average Bonchev–Trinajstić information content (AvgIpc) is 2.81. The first-order chi connectivity index (χ1) is 10.9. The molecular formula is C16H23N3O4. The summed E-state index contributed by atoms with van der Waals surface area (Å²) in [5.41, 5.74) is 1.08. The molecular weight excluding hydrogens is 298 g/mol. The largest absolute Gasteiger partial charge is 0.420 e. The number of hydrogen-bond acceptors (Lipinski definition) is 4. The Morgan fingerprint density at radius 2 is 2.04 bits per heavy atom. The smallest absolute Gasteiger partial charge is 0.408 e. The van der Waals surface area contributed by atoms with Gasteiger partial charge in [-0.05, 0) is 24.0 Å². The van der Waals surface area contributed by atoms with Gasteiger partial charge in [-0.2, -0.15) is 0 Å². The van der Waals surface area contributed by atoms with E-state index in [4.69, 9.17) is 9.52 Å². The second-order valence-electron chi connectivity index (χ2n) is 6.23. The molecule has 2 amide bonds. The zero-order chi connectivity index (χ0) is 16.9. The highest BCUT2D eigenvalue weighted by molar-refractivity contribution is 5.74. The van der Waals surface area contributed by atoms with Crippen LogP contribution in [0.25, 0.3) is 11.1 Å². The van der Waals surface area contributed by atoms with Gasteiger partial charge in [-0.1, -0.05) is 26.0 Å². The van der Waals surface area contributed by atoms with Gasteiger partial charge in [0.15, 0.2) is 5.58 Å². The summed E-state index contributed by atoms with van der Waals surface area (Å²) in [6, 6.07) is 6.87. The third kappa shape index (κ3) is 4.59. The molecule has 0 unspecified atom stereocenters. The highest BCUT2D eigenvalue weighted by Crippen LogP contribution is 2.17. The minimum Gasteiger partial charge on any atom is -0.408 e. The fourth-order valence-corrected chi connectivity index (χ4v) is 2.28. The molecule has 3 N–H and O–H groups in total. The fourth-order valence-electron chi connectivity index (χ4n) is 2.28. The second-order valence-corrected chi connectivity index (χ2v) is 6.23. The minimum atomic E-state index is -0.433. The minimum absolute atomic E-state index is 0.0901. The Morgan fingerprint density at radius 1 is 1.30 bits per heavy atom. The summed E-state index contributed by atoms with van der Waals surface area (Å²) in [5, 5.41) is 14.4. The van der Waals surface area contributed by atoms with Crippen molar-refractivity contribution in [3.63, 3.8) is 0 Å². The van der Waals surface area contributed by atoms with E-state index in [1.54, 1.807) is 18.2 Å². The van der Waals surface area contributed by atoms with Crippen molar-refractivity contribution in [1.29, 1.82) is 0 Å². The second kappa shape index (κ2) is 7.32. The van der Waals surface area contributed by atoms with Crippen LogP contribution in [0.4, 0.5) is 4.79 Å². The Hall–Kier alpha value is -2.28. The number of carbonyl (C=O) groups excluding carboxylic acids is 1. The van der Waals surface area contributed by atoms with Crippen molar-refractivity contribution < 1.29 is 14.3 Å². The summed E-state index contributed by atoms with van der Waals surface area (Å²) in [5.74, 6) is -0.433. The van der Waals surface area contributed by atoms with E-state index in [9.17, 15) is 9.59 Å². The number of rotatable bonds is 7. The maximum atomic E-state index is 11.8. The first kappa shape index (κ1) is 17.1. The molecule has 126 valence electrons. The van der Waals surface area contributed by atoms with Gasteiger partial charge < -0.3 is 20.2 Å². The molecule has 1 aromatic heterocycles. The highest BCUT2D eigenvalue weighted by Gasteiger charge is 2.18. The topological polar surface area (TPSA) is 96.5 Å². The molecule has 0 radical (unpaired) electrons. The number of oxazole rings is 1. The molecule has 1 aromatic carbocycles. The first-order valence-corrected chi connectivity index (χ1v) is 7.64. The number of para-hydroxylation sites is 2. The number of benzene rings is 1. The molecule has 0 aliphatic carbocycles. The Bertz CT molecular complexity index is 717. The van der Waals surface area contributed by atoms with Crippen molar-refractivity contribution in [2.75, 3.05) is 19.7 Å². The van der Waals surface area contributed by atoms with Gasteiger partial charge in [0.25, 0.3) is 0 Å². The number of urea groups is 1. The van der Waals surface area contributed by atoms with Crippen LogP contribution >= 0.6 is 0 Å². The standard InChI is InChI=1S/C16H23N3O4/c1-16(2,7-10-20)11-18-14(21)17-8-9-19-12-5-3-4-6-13(12)23-15(19)22/h3-6,20H,7-11H2,1-2H3,(H2,17,18,21). The summed E-state index contributed by atoms with van der Waals surface area (Å²) < 4.78 is 6.62. The van der Waals surface area contributed by atoms with E-state index < -0.39 is 5.76 Å². The molecule has 7 nitrogen and oxygen atoms in total. The van der Waals surface area contributed by atoms with E-state index in [0.29, 0.717) is 37.2 Å². The van der Waals surface area contributed by atoms with Crippen molar-refractivity contribution in [3.8, 4) is 0 Å². The van der Waals surface area contributed by atoms with Crippen LogP contribution in [0, 0.1) is 5.41 Å². The van der Waals surface area contributed by atoms with Crippen molar-refractivity contribution >= 4 is 17.1 Å². The van der Waals surface area contributed by atoms with E-state index in [1.165, 1.54) is 4.57 Å². The van der Waals surface area contributed by atoms with E-state index in [1.807, 2.05) is 19.9 Å². The van der Waals surface area contributed by atoms with Crippen LogP contribution in [0.1, 0.15) is 20.3 Å². The number of fused-ring (bicyclic) bond motifs is 1. The Morgan fingerprint density at radius 3 is 2.78 bits per heavy atom. The molecule has 0 atom stereocenters. The Kier molecular flexibility index (Phi) is 5.44. The normalized spacial score (nSPS) is 11.6. The lowest BCUT2D eigenvalue weighted by atomic mass is 9.90. The van der Waals surface area contributed by atoms with Gasteiger partial charge in [-0.25, -0.2) is 9.59 Å². The van der Waals surface area contributed by atoms with Crippen LogP contribution in [0.15, 0.2) is 33.5 Å². The lowest BCUT2D eigenvalue weighted by Gasteiger charge is -2.23. The SMILES string of the molecule is CC(C)(CCO)CNC(=O)NCCn1c(=O)oc2ccccc21. The number of carbonyl (C=O) groups is 1. The molecule has 2 aromatic rings. The zero-order valence-electron chi connectivity index (χ0n) is 13.5. The molecule has 0 fully saturated rings. The van der Waals surface area contributed by atoms with Gasteiger partial charge in [-0.15, -0.1) is 0 Å². The van der Waals surface area contributed by atoms with E-state index in [2.05, 4.69) is 10.6 Å². The monoisotopic (exact) mass is 321 g/mol. The summed E-state index contributed by atoms with van der Waals surface area (Å²) in [6.07, 6.45) is 0.615. The first-order valence-electron chi connectivity index (χ1n) is 7.64. The van der Waals surface area contributed by atoms with E-state index in [0.717, 1.165) is 0 Å². The number of aliphatic hydroxyl groups is 1. The number of hydrogen-bond donors (Lipinski definition) is 3. The fraction of sp³-hybridized carbons (Fsp3) is 0.500. The number of nitrogens with zero attached hydrogens (tertiary/aromatic N) is 1. The van der Waals surface area contributed by atoms with E-state index >= 15 is 0 Å². The third-order valence-electron chi connectivity index (χ3n) is 3.71. The predicted molar refractivity (Wildman–Crippen MR) is 87.4 cm³/mol. The lowest BCUT2D eigenvalue weighted by Crippen LogP contribution is -2.42. The molecule has 0 aliphatic rings. The zero-order valence-corrected chi connectivity index (χ0v) is 13.5. The molecule has 0 saturated heterocycles. The van der Waals surface area contributed by atoms with Crippen LogP contribution in [0.5, 0.6) is 0 Å². The maximum Gasteiger partial charge on any atom is 0.420 e.